The second-order valence-corrected chi connectivity index (χ2v) is 4.92. The molecule has 0 bridgehead atoms. The number of hydrogen-bond acceptors (Lipinski definition) is 2. The van der Waals surface area contributed by atoms with Crippen LogP contribution < -0.4 is 0 Å². The van der Waals surface area contributed by atoms with Crippen LogP contribution >= 0.6 is 27.3 Å². The van der Waals surface area contributed by atoms with Gasteiger partial charge in [0.2, 0.25) is 0 Å². The molecule has 0 saturated carbocycles. The minimum atomic E-state index is 0.115. The van der Waals surface area contributed by atoms with Crippen LogP contribution in [0.15, 0.2) is 11.4 Å². The second-order valence-electron chi connectivity index (χ2n) is 3.35. The molecule has 0 aliphatic heterocycles. The van der Waals surface area contributed by atoms with Crippen LogP contribution in [-0.4, -0.2) is 29.2 Å². The first-order valence-electron chi connectivity index (χ1n) is 4.45. The van der Waals surface area contributed by atoms with E-state index in [0.29, 0.717) is 0 Å². The lowest BCUT2D eigenvalue weighted by atomic mass is 10.2. The molecule has 0 aromatic carbocycles. The molecule has 1 aromatic rings. The average Bonchev–Trinajstić information content (AvgIpc) is 2.61. The molecule has 78 valence electrons. The highest BCUT2D eigenvalue weighted by atomic mass is 79.9. The van der Waals surface area contributed by atoms with Crippen LogP contribution in [0.25, 0.3) is 0 Å². The summed E-state index contributed by atoms with van der Waals surface area (Å²) < 4.78 is 0. The molecule has 1 unspecified atom stereocenters. The third-order valence-corrected chi connectivity index (χ3v) is 4.20. The fraction of sp³-hybridized carbons (Fsp3) is 0.500. The SMILES string of the molecule is Cc1ccsc1C(=O)N(C)C(C)CBr. The summed E-state index contributed by atoms with van der Waals surface area (Å²) in [7, 11) is 1.84. The lowest BCUT2D eigenvalue weighted by Gasteiger charge is -2.22. The zero-order valence-electron chi connectivity index (χ0n) is 8.58. The van der Waals surface area contributed by atoms with Crippen molar-refractivity contribution in [2.45, 2.75) is 19.9 Å². The highest BCUT2D eigenvalue weighted by molar-refractivity contribution is 9.09. The van der Waals surface area contributed by atoms with E-state index < -0.39 is 0 Å². The summed E-state index contributed by atoms with van der Waals surface area (Å²) in [5.74, 6) is 0.115. The highest BCUT2D eigenvalue weighted by Gasteiger charge is 2.18. The molecule has 1 rings (SSSR count). The number of rotatable bonds is 3. The van der Waals surface area contributed by atoms with Crippen LogP contribution in [0, 0.1) is 6.92 Å². The van der Waals surface area contributed by atoms with Gasteiger partial charge in [-0.1, -0.05) is 15.9 Å². The Labute approximate surface area is 97.1 Å². The predicted molar refractivity (Wildman–Crippen MR) is 64.4 cm³/mol. The third kappa shape index (κ3) is 2.36. The van der Waals surface area contributed by atoms with Gasteiger partial charge >= 0.3 is 0 Å². The summed E-state index contributed by atoms with van der Waals surface area (Å²) >= 11 is 4.88. The Balaban J connectivity index is 2.81. The van der Waals surface area contributed by atoms with Crippen molar-refractivity contribution in [1.82, 2.24) is 4.90 Å². The summed E-state index contributed by atoms with van der Waals surface area (Å²) in [5, 5.41) is 2.76. The maximum absolute atomic E-state index is 11.9. The zero-order chi connectivity index (χ0) is 10.7. The molecule has 0 N–H and O–H groups in total. The van der Waals surface area contributed by atoms with E-state index in [-0.39, 0.29) is 11.9 Å². The molecule has 0 aliphatic carbocycles. The van der Waals surface area contributed by atoms with E-state index in [4.69, 9.17) is 0 Å². The monoisotopic (exact) mass is 275 g/mol. The van der Waals surface area contributed by atoms with E-state index in [1.165, 1.54) is 11.3 Å². The minimum Gasteiger partial charge on any atom is -0.337 e. The summed E-state index contributed by atoms with van der Waals surface area (Å²) in [6, 6.07) is 2.20. The summed E-state index contributed by atoms with van der Waals surface area (Å²) in [6.45, 7) is 3.99. The molecule has 4 heteroatoms. The molecule has 0 saturated heterocycles. The molecular formula is C10H14BrNOS. The van der Waals surface area contributed by atoms with Gasteiger partial charge in [0.05, 0.1) is 4.88 Å². The number of carbonyl (C=O) groups excluding carboxylic acids is 1. The van der Waals surface area contributed by atoms with Crippen LogP contribution in [0.1, 0.15) is 22.2 Å². The van der Waals surface area contributed by atoms with Crippen molar-refractivity contribution in [1.29, 1.82) is 0 Å². The number of thiophene rings is 1. The smallest absolute Gasteiger partial charge is 0.264 e. The normalized spacial score (nSPS) is 12.6. The standard InChI is InChI=1S/C10H14BrNOS/c1-7-4-5-14-9(7)10(13)12(3)8(2)6-11/h4-5,8H,6H2,1-3H3. The second kappa shape index (κ2) is 4.94. The Kier molecular flexibility index (Phi) is 4.13. The Hall–Kier alpha value is -0.350. The number of alkyl halides is 1. The number of aryl methyl sites for hydroxylation is 1. The molecule has 0 aliphatic rings. The summed E-state index contributed by atoms with van der Waals surface area (Å²) in [5.41, 5.74) is 1.06. The van der Waals surface area contributed by atoms with Gasteiger partial charge < -0.3 is 4.90 Å². The van der Waals surface area contributed by atoms with Crippen molar-refractivity contribution in [2.75, 3.05) is 12.4 Å². The zero-order valence-corrected chi connectivity index (χ0v) is 11.0. The molecule has 14 heavy (non-hydrogen) atoms. The molecule has 0 radical (unpaired) electrons. The molecule has 1 amide bonds. The fourth-order valence-electron chi connectivity index (χ4n) is 1.06. The Morgan fingerprint density at radius 1 is 1.71 bits per heavy atom. The number of nitrogens with zero attached hydrogens (tertiary/aromatic N) is 1. The van der Waals surface area contributed by atoms with Crippen molar-refractivity contribution in [3.63, 3.8) is 0 Å². The first-order valence-corrected chi connectivity index (χ1v) is 6.45. The van der Waals surface area contributed by atoms with Gasteiger partial charge in [-0.2, -0.15) is 0 Å². The molecule has 1 heterocycles. The fourth-order valence-corrected chi connectivity index (χ4v) is 2.40. The van der Waals surface area contributed by atoms with Crippen LogP contribution in [0.2, 0.25) is 0 Å². The van der Waals surface area contributed by atoms with Crippen LogP contribution in [0.4, 0.5) is 0 Å². The van der Waals surface area contributed by atoms with Crippen molar-refractivity contribution in [3.05, 3.63) is 21.9 Å². The van der Waals surface area contributed by atoms with Gasteiger partial charge in [0.15, 0.2) is 0 Å². The molecule has 0 spiro atoms. The Bertz CT molecular complexity index is 324. The van der Waals surface area contributed by atoms with Crippen LogP contribution in [-0.2, 0) is 0 Å². The summed E-state index contributed by atoms with van der Waals surface area (Å²) in [4.78, 5) is 14.6. The minimum absolute atomic E-state index is 0.115. The number of hydrogen-bond donors (Lipinski definition) is 0. The third-order valence-electron chi connectivity index (χ3n) is 2.26. The van der Waals surface area contributed by atoms with E-state index in [2.05, 4.69) is 15.9 Å². The van der Waals surface area contributed by atoms with E-state index in [0.717, 1.165) is 15.8 Å². The van der Waals surface area contributed by atoms with Crippen LogP contribution in [0.5, 0.6) is 0 Å². The van der Waals surface area contributed by atoms with E-state index in [9.17, 15) is 4.79 Å². The van der Waals surface area contributed by atoms with Gasteiger partial charge in [-0.05, 0) is 30.9 Å². The lowest BCUT2D eigenvalue weighted by Crippen LogP contribution is -2.35. The average molecular weight is 276 g/mol. The Morgan fingerprint density at radius 3 is 2.79 bits per heavy atom. The topological polar surface area (TPSA) is 20.3 Å². The van der Waals surface area contributed by atoms with Crippen molar-refractivity contribution in [3.8, 4) is 0 Å². The Morgan fingerprint density at radius 2 is 2.36 bits per heavy atom. The molecule has 1 atom stereocenters. The van der Waals surface area contributed by atoms with Gasteiger partial charge in [-0.25, -0.2) is 0 Å². The molecule has 1 aromatic heterocycles. The van der Waals surface area contributed by atoms with Gasteiger partial charge in [-0.3, -0.25) is 4.79 Å². The van der Waals surface area contributed by atoms with Crippen molar-refractivity contribution < 1.29 is 4.79 Å². The van der Waals surface area contributed by atoms with Gasteiger partial charge in [0.1, 0.15) is 0 Å². The maximum Gasteiger partial charge on any atom is 0.264 e. The highest BCUT2D eigenvalue weighted by Crippen LogP contribution is 2.18. The van der Waals surface area contributed by atoms with Crippen molar-refractivity contribution in [2.24, 2.45) is 0 Å². The maximum atomic E-state index is 11.9. The lowest BCUT2D eigenvalue weighted by molar-refractivity contribution is 0.0762. The van der Waals surface area contributed by atoms with Crippen molar-refractivity contribution >= 4 is 33.2 Å². The quantitative estimate of drug-likeness (QED) is 0.777. The molecule has 2 nitrogen and oxygen atoms in total. The summed E-state index contributed by atoms with van der Waals surface area (Å²) in [6.07, 6.45) is 0. The van der Waals surface area contributed by atoms with E-state index in [1.807, 2.05) is 32.3 Å². The predicted octanol–water partition coefficient (Wildman–Crippen LogP) is 2.91. The van der Waals surface area contributed by atoms with E-state index in [1.54, 1.807) is 4.90 Å². The number of amides is 1. The molecular weight excluding hydrogens is 262 g/mol. The first-order chi connectivity index (χ1) is 6.57. The van der Waals surface area contributed by atoms with Gasteiger partial charge in [-0.15, -0.1) is 11.3 Å². The van der Waals surface area contributed by atoms with Crippen LogP contribution in [0.3, 0.4) is 0 Å². The number of carbonyl (C=O) groups is 1. The molecule has 0 fully saturated rings. The number of halogens is 1. The van der Waals surface area contributed by atoms with Gasteiger partial charge in [0, 0.05) is 18.4 Å². The first kappa shape index (κ1) is 11.7. The largest absolute Gasteiger partial charge is 0.337 e. The van der Waals surface area contributed by atoms with E-state index >= 15 is 0 Å². The van der Waals surface area contributed by atoms with Gasteiger partial charge in [0.25, 0.3) is 5.91 Å².